The number of benzene rings is 2. The number of likely N-dealkylation sites (tertiary alicyclic amines) is 1. The fraction of sp³-hybridized carbons (Fsp3) is 0.488. The summed E-state index contributed by atoms with van der Waals surface area (Å²) < 4.78 is 24.5. The summed E-state index contributed by atoms with van der Waals surface area (Å²) in [5, 5.41) is 15.6. The van der Waals surface area contributed by atoms with Crippen LogP contribution in [0.3, 0.4) is 0 Å². The van der Waals surface area contributed by atoms with Crippen LogP contribution in [-0.2, 0) is 11.8 Å². The summed E-state index contributed by atoms with van der Waals surface area (Å²) in [6.45, 7) is 5.99. The number of imide groups is 1. The molecule has 2 saturated carbocycles. The zero-order chi connectivity index (χ0) is 40.9. The van der Waals surface area contributed by atoms with Crippen molar-refractivity contribution in [2.24, 2.45) is 7.05 Å². The third-order valence-electron chi connectivity index (χ3n) is 11.0. The highest BCUT2D eigenvalue weighted by Crippen LogP contribution is 2.36. The summed E-state index contributed by atoms with van der Waals surface area (Å²) in [7, 11) is 3.87. The van der Waals surface area contributed by atoms with Crippen molar-refractivity contribution in [1.29, 1.82) is 0 Å². The maximum atomic E-state index is 14.9. The van der Waals surface area contributed by atoms with Crippen LogP contribution in [0.4, 0.5) is 20.7 Å². The molecule has 3 N–H and O–H groups in total. The van der Waals surface area contributed by atoms with Gasteiger partial charge >= 0.3 is 6.03 Å². The third kappa shape index (κ3) is 9.58. The average Bonchev–Trinajstić information content (AvgIpc) is 3.98. The molecule has 15 heteroatoms. The highest BCUT2D eigenvalue weighted by Gasteiger charge is 2.30. The first-order valence-electron chi connectivity index (χ1n) is 20.6. The predicted molar refractivity (Wildman–Crippen MR) is 222 cm³/mol. The monoisotopic (exact) mass is 795 g/mol. The Balaban J connectivity index is 0.000000165. The minimum absolute atomic E-state index is 0.0976. The molecule has 2 aliphatic heterocycles. The van der Waals surface area contributed by atoms with Crippen LogP contribution < -0.4 is 25.8 Å². The van der Waals surface area contributed by atoms with Gasteiger partial charge in [0.1, 0.15) is 17.3 Å². The number of H-pyrrole nitrogens is 1. The number of aryl methyl sites for hydroxylation is 1. The van der Waals surface area contributed by atoms with E-state index in [2.05, 4.69) is 32.7 Å². The number of nitrogens with one attached hydrogen (secondary N) is 3. The molecule has 14 nitrogen and oxygen atoms in total. The van der Waals surface area contributed by atoms with Crippen LogP contribution in [0.2, 0.25) is 0 Å². The van der Waals surface area contributed by atoms with Gasteiger partial charge in [-0.25, -0.2) is 9.18 Å². The van der Waals surface area contributed by atoms with Gasteiger partial charge in [-0.2, -0.15) is 10.2 Å². The molecule has 5 heterocycles. The number of urea groups is 1. The molecule has 4 amide bonds. The van der Waals surface area contributed by atoms with Crippen molar-refractivity contribution in [3.63, 3.8) is 0 Å². The lowest BCUT2D eigenvalue weighted by molar-refractivity contribution is -0.120. The second-order valence-electron chi connectivity index (χ2n) is 16.1. The number of nitrogens with zero attached hydrogens (tertiary/aromatic N) is 6. The zero-order valence-corrected chi connectivity index (χ0v) is 33.9. The van der Waals surface area contributed by atoms with Gasteiger partial charge in [0.15, 0.2) is 5.82 Å². The minimum Gasteiger partial charge on any atom is -0.490 e. The Morgan fingerprint density at radius 2 is 1.66 bits per heavy atom. The number of ether oxygens (including phenoxy) is 1. The summed E-state index contributed by atoms with van der Waals surface area (Å²) in [5.41, 5.74) is 2.56. The summed E-state index contributed by atoms with van der Waals surface area (Å²) in [6, 6.07) is 10.1. The summed E-state index contributed by atoms with van der Waals surface area (Å²) in [6.07, 6.45) is 16.0. The molecule has 3 aromatic heterocycles. The smallest absolute Gasteiger partial charge is 0.329 e. The first kappa shape index (κ1) is 40.6. The first-order valence-corrected chi connectivity index (χ1v) is 20.6. The van der Waals surface area contributed by atoms with E-state index in [0.717, 1.165) is 60.8 Å². The summed E-state index contributed by atoms with van der Waals surface area (Å²) >= 11 is 0. The van der Waals surface area contributed by atoms with E-state index in [4.69, 9.17) is 9.84 Å². The van der Waals surface area contributed by atoms with E-state index in [0.29, 0.717) is 28.6 Å². The molecule has 308 valence electrons. The topological polar surface area (TPSA) is 159 Å². The van der Waals surface area contributed by atoms with Crippen molar-refractivity contribution >= 4 is 51.2 Å². The lowest BCUT2D eigenvalue weighted by Gasteiger charge is -2.29. The van der Waals surface area contributed by atoms with Gasteiger partial charge in [-0.1, -0.05) is 38.5 Å². The van der Waals surface area contributed by atoms with Gasteiger partial charge in [-0.15, -0.1) is 0 Å². The number of pyridine rings is 1. The van der Waals surface area contributed by atoms with E-state index in [1.165, 1.54) is 55.7 Å². The number of carbonyl (C=O) groups is 3. The van der Waals surface area contributed by atoms with Gasteiger partial charge in [-0.3, -0.25) is 34.0 Å². The predicted octanol–water partition coefficient (Wildman–Crippen LogP) is 7.41. The number of piperidine rings is 1. The molecule has 0 spiro atoms. The third-order valence-corrected chi connectivity index (χ3v) is 11.0. The lowest BCUT2D eigenvalue weighted by Crippen LogP contribution is -2.49. The second-order valence-corrected chi connectivity index (χ2v) is 16.1. The standard InChI is InChI=1S/C22H26N4O3.C18H22FN5O2.C3H6/c1-14(2)29-20-12-19-15(13-26(25-19)16-7-4-3-5-8-16)11-17(20)21(27)24-18-9-6-10-23-22(18)28;1-22-6-3-11(4-7-22)12-10-15-13(9-14(12)19)17(21-23(15)2)24-8-5-16(25)20-18(24)26;1-2-3-1/h6,9-14,16H,3-5,7-8H2,1-2H3,(H,23,28)(H,24,27);9-11H,3-8H2,1-2H3,(H,20,25,26);1-3H2. The summed E-state index contributed by atoms with van der Waals surface area (Å²) in [5.74, 6) is 0.110. The lowest BCUT2D eigenvalue weighted by atomic mass is 9.88. The molecule has 2 saturated heterocycles. The largest absolute Gasteiger partial charge is 0.490 e. The molecule has 58 heavy (non-hydrogen) atoms. The van der Waals surface area contributed by atoms with Gasteiger partial charge in [0.2, 0.25) is 5.91 Å². The number of halogens is 1. The van der Waals surface area contributed by atoms with E-state index in [-0.39, 0.29) is 53.9 Å². The number of fused-ring (bicyclic) bond motifs is 2. The molecule has 0 atom stereocenters. The quantitative estimate of drug-likeness (QED) is 0.154. The Morgan fingerprint density at radius 3 is 2.33 bits per heavy atom. The number of amides is 4. The highest BCUT2D eigenvalue weighted by molar-refractivity contribution is 6.09. The molecule has 4 fully saturated rings. The Morgan fingerprint density at radius 1 is 0.931 bits per heavy atom. The molecule has 2 aromatic carbocycles. The molecule has 0 radical (unpaired) electrons. The molecule has 4 aliphatic rings. The SMILES string of the molecule is C1CC1.CC(C)Oc1cc2nn(C3CCCCC3)cc2cc1C(=O)Nc1ccc[nH]c1=O.CN1CCC(c2cc3c(cc2F)c(N2CCC(=O)NC2=O)nn3C)CC1. The minimum atomic E-state index is -0.513. The van der Waals surface area contributed by atoms with Crippen molar-refractivity contribution in [2.75, 3.05) is 36.9 Å². The fourth-order valence-electron chi connectivity index (χ4n) is 7.72. The number of aromatic amines is 1. The van der Waals surface area contributed by atoms with Crippen LogP contribution in [0, 0.1) is 5.82 Å². The maximum Gasteiger partial charge on any atom is 0.329 e. The van der Waals surface area contributed by atoms with Gasteiger partial charge in [-0.05, 0) is 101 Å². The Kier molecular flexibility index (Phi) is 12.6. The van der Waals surface area contributed by atoms with Crippen molar-refractivity contribution in [3.05, 3.63) is 76.1 Å². The zero-order valence-electron chi connectivity index (χ0n) is 33.9. The maximum absolute atomic E-state index is 14.9. The van der Waals surface area contributed by atoms with E-state index < -0.39 is 6.03 Å². The molecular weight excluding hydrogens is 742 g/mol. The first-order chi connectivity index (χ1) is 27.9. The molecule has 2 aliphatic carbocycles. The fourth-order valence-corrected chi connectivity index (χ4v) is 7.72. The molecule has 5 aromatic rings. The van der Waals surface area contributed by atoms with Gasteiger partial charge < -0.3 is 19.9 Å². The summed E-state index contributed by atoms with van der Waals surface area (Å²) in [4.78, 5) is 54.6. The number of anilines is 2. The van der Waals surface area contributed by atoms with Gasteiger partial charge in [0, 0.05) is 49.2 Å². The second kappa shape index (κ2) is 17.9. The molecular formula is C43H54FN9O5. The number of aromatic nitrogens is 5. The van der Waals surface area contributed by atoms with Crippen molar-refractivity contribution in [3.8, 4) is 5.75 Å². The van der Waals surface area contributed by atoms with Crippen LogP contribution in [0.5, 0.6) is 5.75 Å². The van der Waals surface area contributed by atoms with E-state index in [9.17, 15) is 23.6 Å². The van der Waals surface area contributed by atoms with Gasteiger partial charge in [0.25, 0.3) is 11.5 Å². The number of rotatable bonds is 7. The van der Waals surface area contributed by atoms with Crippen LogP contribution in [0.15, 0.2) is 53.6 Å². The Labute approximate surface area is 337 Å². The molecule has 9 rings (SSSR count). The molecule has 0 bridgehead atoms. The number of carbonyl (C=O) groups excluding carboxylic acids is 3. The number of hydrogen-bond acceptors (Lipinski definition) is 8. The van der Waals surface area contributed by atoms with Crippen LogP contribution in [0.25, 0.3) is 21.8 Å². The normalized spacial score (nSPS) is 17.7. The van der Waals surface area contributed by atoms with Crippen LogP contribution >= 0.6 is 0 Å². The highest BCUT2D eigenvalue weighted by atomic mass is 19.1. The van der Waals surface area contributed by atoms with E-state index >= 15 is 0 Å². The Hall–Kier alpha value is -5.57. The number of hydrogen-bond donors (Lipinski definition) is 3. The van der Waals surface area contributed by atoms with Crippen molar-refractivity contribution in [2.45, 2.75) is 103 Å². The van der Waals surface area contributed by atoms with E-state index in [1.54, 1.807) is 29.9 Å². The van der Waals surface area contributed by atoms with Crippen molar-refractivity contribution < 1.29 is 23.5 Å². The van der Waals surface area contributed by atoms with Crippen LogP contribution in [-0.4, -0.2) is 80.1 Å². The van der Waals surface area contributed by atoms with Crippen LogP contribution in [0.1, 0.15) is 112 Å². The molecule has 0 unspecified atom stereocenters. The van der Waals surface area contributed by atoms with E-state index in [1.807, 2.05) is 36.9 Å². The average molecular weight is 796 g/mol. The van der Waals surface area contributed by atoms with Gasteiger partial charge in [0.05, 0.1) is 28.7 Å². The van der Waals surface area contributed by atoms with Crippen molar-refractivity contribution in [1.82, 2.24) is 34.8 Å². The Bertz CT molecular complexity index is 2330.